The van der Waals surface area contributed by atoms with Gasteiger partial charge >= 0.3 is 0 Å². The van der Waals surface area contributed by atoms with E-state index in [9.17, 15) is 14.7 Å². The van der Waals surface area contributed by atoms with Gasteiger partial charge in [0.05, 0.1) is 12.1 Å². The Labute approximate surface area is 96.6 Å². The van der Waals surface area contributed by atoms with E-state index < -0.39 is 12.1 Å². The number of β-amino-alcohol motifs (C(OH)–C–C–N with tert-alkyl or cyclic N) is 1. The van der Waals surface area contributed by atoms with Crippen molar-refractivity contribution in [3.63, 3.8) is 0 Å². The van der Waals surface area contributed by atoms with Crippen LogP contribution in [0.2, 0.25) is 0 Å². The number of aliphatic hydroxyl groups excluding tert-OH is 1. The van der Waals surface area contributed by atoms with E-state index in [0.717, 1.165) is 0 Å². The van der Waals surface area contributed by atoms with Crippen LogP contribution in [0.3, 0.4) is 0 Å². The Kier molecular flexibility index (Phi) is 4.08. The maximum atomic E-state index is 12.1. The molecule has 1 aliphatic rings. The number of nitrogens with zero attached hydrogens (tertiary/aromatic N) is 1. The fourth-order valence-corrected chi connectivity index (χ4v) is 1.99. The molecule has 1 amide bonds. The quantitative estimate of drug-likeness (QED) is 0.777. The van der Waals surface area contributed by atoms with Crippen LogP contribution in [0.5, 0.6) is 0 Å². The van der Waals surface area contributed by atoms with Crippen LogP contribution in [0.1, 0.15) is 34.1 Å². The van der Waals surface area contributed by atoms with Gasteiger partial charge in [-0.1, -0.05) is 20.8 Å². The van der Waals surface area contributed by atoms with Crippen LogP contribution in [-0.4, -0.2) is 40.4 Å². The fourth-order valence-electron chi connectivity index (χ4n) is 1.99. The maximum Gasteiger partial charge on any atom is 0.226 e. The summed E-state index contributed by atoms with van der Waals surface area (Å²) in [6, 6.07) is -0.427. The highest BCUT2D eigenvalue weighted by Crippen LogP contribution is 2.23. The number of carbonyl (C=O) groups is 2. The molecule has 1 N–H and O–H groups in total. The molecule has 0 aliphatic carbocycles. The van der Waals surface area contributed by atoms with Gasteiger partial charge < -0.3 is 10.0 Å². The third-order valence-corrected chi connectivity index (χ3v) is 3.42. The first-order chi connectivity index (χ1) is 7.34. The third kappa shape index (κ3) is 2.61. The molecule has 0 radical (unpaired) electrons. The van der Waals surface area contributed by atoms with Crippen molar-refractivity contribution in [2.75, 3.05) is 6.54 Å². The molecule has 1 saturated heterocycles. The van der Waals surface area contributed by atoms with Gasteiger partial charge in [-0.2, -0.15) is 0 Å². The molecule has 0 saturated carbocycles. The average molecular weight is 227 g/mol. The zero-order chi connectivity index (χ0) is 12.5. The van der Waals surface area contributed by atoms with Gasteiger partial charge in [0.1, 0.15) is 0 Å². The van der Waals surface area contributed by atoms with E-state index in [2.05, 4.69) is 0 Å². The zero-order valence-corrected chi connectivity index (χ0v) is 10.4. The van der Waals surface area contributed by atoms with Crippen molar-refractivity contribution >= 4 is 11.7 Å². The van der Waals surface area contributed by atoms with Crippen molar-refractivity contribution in [3.8, 4) is 0 Å². The molecule has 0 aromatic heterocycles. The monoisotopic (exact) mass is 227 g/mol. The number of likely N-dealkylation sites (tertiary alicyclic amines) is 1. The number of aliphatic hydroxyl groups is 1. The normalized spacial score (nSPS) is 27.2. The van der Waals surface area contributed by atoms with E-state index >= 15 is 0 Å². The molecule has 92 valence electrons. The second-order valence-electron chi connectivity index (χ2n) is 5.04. The molecule has 0 aromatic rings. The molecular formula is C12H21NO3. The first-order valence-electron chi connectivity index (χ1n) is 5.83. The van der Waals surface area contributed by atoms with Gasteiger partial charge in [-0.3, -0.25) is 9.59 Å². The van der Waals surface area contributed by atoms with E-state index in [1.165, 1.54) is 11.8 Å². The molecule has 0 spiro atoms. The molecule has 0 bridgehead atoms. The minimum atomic E-state index is -0.558. The van der Waals surface area contributed by atoms with E-state index in [-0.39, 0.29) is 23.5 Å². The first-order valence-corrected chi connectivity index (χ1v) is 5.83. The second-order valence-corrected chi connectivity index (χ2v) is 5.04. The third-order valence-electron chi connectivity index (χ3n) is 3.42. The van der Waals surface area contributed by atoms with Crippen LogP contribution in [0.4, 0.5) is 0 Å². The number of amides is 1. The Morgan fingerprint density at radius 1 is 1.31 bits per heavy atom. The average Bonchev–Trinajstić information content (AvgIpc) is 2.58. The standard InChI is InChI=1S/C12H21NO3/c1-7(2)8(3)12(16)13-6-10(15)5-11(13)9(4)14/h7-8,10-11,15H,5-6H2,1-4H3. The Balaban J connectivity index is 2.78. The van der Waals surface area contributed by atoms with E-state index in [1.54, 1.807) is 0 Å². The molecule has 1 fully saturated rings. The summed E-state index contributed by atoms with van der Waals surface area (Å²) < 4.78 is 0. The van der Waals surface area contributed by atoms with Crippen LogP contribution in [0.25, 0.3) is 0 Å². The van der Waals surface area contributed by atoms with Crippen molar-refractivity contribution in [3.05, 3.63) is 0 Å². The van der Waals surface area contributed by atoms with Crippen molar-refractivity contribution in [1.29, 1.82) is 0 Å². The molecule has 1 heterocycles. The molecule has 1 rings (SSSR count). The highest BCUT2D eigenvalue weighted by molar-refractivity contribution is 5.89. The summed E-state index contributed by atoms with van der Waals surface area (Å²) in [5.41, 5.74) is 0. The van der Waals surface area contributed by atoms with Gasteiger partial charge in [0.25, 0.3) is 0 Å². The van der Waals surface area contributed by atoms with Gasteiger partial charge in [0.15, 0.2) is 5.78 Å². The van der Waals surface area contributed by atoms with Crippen molar-refractivity contribution < 1.29 is 14.7 Å². The topological polar surface area (TPSA) is 57.6 Å². The SMILES string of the molecule is CC(=O)C1CC(O)CN1C(=O)C(C)C(C)C. The summed E-state index contributed by atoms with van der Waals surface area (Å²) in [5, 5.41) is 9.54. The molecule has 3 unspecified atom stereocenters. The molecule has 0 aromatic carbocycles. The van der Waals surface area contributed by atoms with Crippen LogP contribution >= 0.6 is 0 Å². The summed E-state index contributed by atoms with van der Waals surface area (Å²) in [5.74, 6) is 0.0811. The van der Waals surface area contributed by atoms with Crippen molar-refractivity contribution in [2.45, 2.75) is 46.3 Å². The lowest BCUT2D eigenvalue weighted by atomic mass is 9.96. The number of rotatable bonds is 3. The van der Waals surface area contributed by atoms with Gasteiger partial charge in [-0.05, 0) is 12.8 Å². The number of hydrogen-bond donors (Lipinski definition) is 1. The molecule has 1 aliphatic heterocycles. The zero-order valence-electron chi connectivity index (χ0n) is 10.4. The highest BCUT2D eigenvalue weighted by atomic mass is 16.3. The fraction of sp³-hybridized carbons (Fsp3) is 0.833. The number of Topliss-reactive ketones (excluding diaryl/α,β-unsaturated/α-hetero) is 1. The number of carbonyl (C=O) groups excluding carboxylic acids is 2. The van der Waals surface area contributed by atoms with Crippen LogP contribution in [-0.2, 0) is 9.59 Å². The van der Waals surface area contributed by atoms with Gasteiger partial charge in [0, 0.05) is 18.9 Å². The smallest absolute Gasteiger partial charge is 0.226 e. The second kappa shape index (κ2) is 4.95. The van der Waals surface area contributed by atoms with Gasteiger partial charge in [-0.15, -0.1) is 0 Å². The van der Waals surface area contributed by atoms with Crippen molar-refractivity contribution in [2.24, 2.45) is 11.8 Å². The molecular weight excluding hydrogens is 206 g/mol. The first kappa shape index (κ1) is 13.2. The minimum absolute atomic E-state index is 0.0215. The highest BCUT2D eigenvalue weighted by Gasteiger charge is 2.38. The summed E-state index contributed by atoms with van der Waals surface area (Å²) in [6.07, 6.45) is -0.177. The molecule has 4 heteroatoms. The lowest BCUT2D eigenvalue weighted by Gasteiger charge is -2.27. The summed E-state index contributed by atoms with van der Waals surface area (Å²) >= 11 is 0. The van der Waals surface area contributed by atoms with E-state index in [4.69, 9.17) is 0 Å². The summed E-state index contributed by atoms with van der Waals surface area (Å²) in [7, 11) is 0. The van der Waals surface area contributed by atoms with Crippen LogP contribution in [0.15, 0.2) is 0 Å². The maximum absolute atomic E-state index is 12.1. The Morgan fingerprint density at radius 3 is 2.31 bits per heavy atom. The lowest BCUT2D eigenvalue weighted by Crippen LogP contribution is -2.43. The molecule has 16 heavy (non-hydrogen) atoms. The van der Waals surface area contributed by atoms with E-state index in [1.807, 2.05) is 20.8 Å². The van der Waals surface area contributed by atoms with Crippen LogP contribution in [0, 0.1) is 11.8 Å². The Morgan fingerprint density at radius 2 is 1.88 bits per heavy atom. The number of hydrogen-bond acceptors (Lipinski definition) is 3. The predicted molar refractivity (Wildman–Crippen MR) is 60.8 cm³/mol. The van der Waals surface area contributed by atoms with E-state index in [0.29, 0.717) is 13.0 Å². The number of ketones is 1. The predicted octanol–water partition coefficient (Wildman–Crippen LogP) is 0.829. The van der Waals surface area contributed by atoms with Gasteiger partial charge in [0.2, 0.25) is 5.91 Å². The Bertz CT molecular complexity index is 288. The summed E-state index contributed by atoms with van der Waals surface area (Å²) in [4.78, 5) is 25.0. The molecule has 3 atom stereocenters. The minimum Gasteiger partial charge on any atom is -0.391 e. The van der Waals surface area contributed by atoms with Crippen LogP contribution < -0.4 is 0 Å². The lowest BCUT2D eigenvalue weighted by molar-refractivity contribution is -0.141. The Hall–Kier alpha value is -0.900. The molecule has 4 nitrogen and oxygen atoms in total. The largest absolute Gasteiger partial charge is 0.391 e. The van der Waals surface area contributed by atoms with Crippen molar-refractivity contribution in [1.82, 2.24) is 4.90 Å². The van der Waals surface area contributed by atoms with Gasteiger partial charge in [-0.25, -0.2) is 0 Å². The summed E-state index contributed by atoms with van der Waals surface area (Å²) in [6.45, 7) is 7.60.